The van der Waals surface area contributed by atoms with Crippen LogP contribution in [0.5, 0.6) is 0 Å². The zero-order chi connectivity index (χ0) is 12.8. The van der Waals surface area contributed by atoms with E-state index >= 15 is 0 Å². The summed E-state index contributed by atoms with van der Waals surface area (Å²) in [4.78, 5) is 18.0. The molecule has 0 aliphatic carbocycles. The van der Waals surface area contributed by atoms with Crippen molar-refractivity contribution in [3.8, 4) is 0 Å². The summed E-state index contributed by atoms with van der Waals surface area (Å²) in [6.45, 7) is 4.04. The molecule has 0 N–H and O–H groups in total. The lowest BCUT2D eigenvalue weighted by Gasteiger charge is -2.12. The van der Waals surface area contributed by atoms with E-state index in [2.05, 4.69) is 4.99 Å². The molecule has 0 spiro atoms. The molecule has 0 unspecified atom stereocenters. The van der Waals surface area contributed by atoms with E-state index < -0.39 is 0 Å². The fourth-order valence-electron chi connectivity index (χ4n) is 1.23. The van der Waals surface area contributed by atoms with Gasteiger partial charge in [0.05, 0.1) is 17.9 Å². The number of carbonyl (C=O) groups is 1. The molecule has 0 atom stereocenters. The molecular formula is C13H18N2O2. The van der Waals surface area contributed by atoms with Crippen LogP contribution in [0.3, 0.4) is 0 Å². The SMILES string of the molecule is CCOC(=O)c1ccccc1N=C(C)N(C)C. The number of benzene rings is 1. The smallest absolute Gasteiger partial charge is 0.340 e. The molecule has 0 amide bonds. The quantitative estimate of drug-likeness (QED) is 0.458. The van der Waals surface area contributed by atoms with Crippen molar-refractivity contribution in [3.63, 3.8) is 0 Å². The molecular weight excluding hydrogens is 216 g/mol. The van der Waals surface area contributed by atoms with Crippen molar-refractivity contribution in [2.24, 2.45) is 4.99 Å². The van der Waals surface area contributed by atoms with Gasteiger partial charge in [-0.05, 0) is 26.0 Å². The van der Waals surface area contributed by atoms with Crippen LogP contribution >= 0.6 is 0 Å². The van der Waals surface area contributed by atoms with Crippen LogP contribution in [0.1, 0.15) is 24.2 Å². The maximum absolute atomic E-state index is 11.7. The topological polar surface area (TPSA) is 41.9 Å². The number of amidine groups is 1. The molecule has 4 nitrogen and oxygen atoms in total. The third-order valence-electron chi connectivity index (χ3n) is 2.33. The number of esters is 1. The van der Waals surface area contributed by atoms with Gasteiger partial charge in [-0.3, -0.25) is 0 Å². The van der Waals surface area contributed by atoms with Crippen LogP contribution in [0.15, 0.2) is 29.3 Å². The maximum atomic E-state index is 11.7. The van der Waals surface area contributed by atoms with Crippen molar-refractivity contribution < 1.29 is 9.53 Å². The monoisotopic (exact) mass is 234 g/mol. The summed E-state index contributed by atoms with van der Waals surface area (Å²) in [5.41, 5.74) is 1.13. The summed E-state index contributed by atoms with van der Waals surface area (Å²) in [6, 6.07) is 7.18. The number of nitrogens with zero attached hydrogens (tertiary/aromatic N) is 2. The average Bonchev–Trinajstić information content (AvgIpc) is 2.29. The Kier molecular flexibility index (Phi) is 4.69. The van der Waals surface area contributed by atoms with E-state index in [0.29, 0.717) is 17.9 Å². The Balaban J connectivity index is 3.08. The molecule has 0 bridgehead atoms. The summed E-state index contributed by atoms with van der Waals surface area (Å²) in [6.07, 6.45) is 0. The maximum Gasteiger partial charge on any atom is 0.340 e. The van der Waals surface area contributed by atoms with Crippen LogP contribution in [-0.2, 0) is 4.74 Å². The standard InChI is InChI=1S/C13H18N2O2/c1-5-17-13(16)11-8-6-7-9-12(11)14-10(2)15(3)4/h6-9H,5H2,1-4H3. The van der Waals surface area contributed by atoms with Crippen molar-refractivity contribution in [2.75, 3.05) is 20.7 Å². The first kappa shape index (κ1) is 13.2. The van der Waals surface area contributed by atoms with Crippen LogP contribution < -0.4 is 0 Å². The lowest BCUT2D eigenvalue weighted by molar-refractivity contribution is 0.0527. The first-order valence-electron chi connectivity index (χ1n) is 5.55. The van der Waals surface area contributed by atoms with E-state index in [4.69, 9.17) is 4.74 Å². The summed E-state index contributed by atoms with van der Waals surface area (Å²) in [5.74, 6) is 0.500. The molecule has 0 aromatic heterocycles. The largest absolute Gasteiger partial charge is 0.462 e. The number of hydrogen-bond acceptors (Lipinski definition) is 3. The minimum absolute atomic E-state index is 0.335. The van der Waals surface area contributed by atoms with Crippen molar-refractivity contribution >= 4 is 17.5 Å². The lowest BCUT2D eigenvalue weighted by Crippen LogP contribution is -2.18. The zero-order valence-electron chi connectivity index (χ0n) is 10.7. The zero-order valence-corrected chi connectivity index (χ0v) is 10.7. The van der Waals surface area contributed by atoms with Crippen LogP contribution in [-0.4, -0.2) is 37.4 Å². The minimum atomic E-state index is -0.335. The van der Waals surface area contributed by atoms with E-state index in [1.807, 2.05) is 32.0 Å². The van der Waals surface area contributed by atoms with Crippen LogP contribution in [0.4, 0.5) is 5.69 Å². The number of ether oxygens (including phenoxy) is 1. The molecule has 0 aliphatic rings. The molecule has 1 aromatic carbocycles. The molecule has 1 aromatic rings. The van der Waals surface area contributed by atoms with Gasteiger partial charge in [-0.15, -0.1) is 0 Å². The van der Waals surface area contributed by atoms with Gasteiger partial charge in [0.1, 0.15) is 5.84 Å². The Morgan fingerprint density at radius 2 is 2.00 bits per heavy atom. The molecule has 17 heavy (non-hydrogen) atoms. The summed E-state index contributed by atoms with van der Waals surface area (Å²) >= 11 is 0. The van der Waals surface area contributed by atoms with Gasteiger partial charge >= 0.3 is 5.97 Å². The van der Waals surface area contributed by atoms with Gasteiger partial charge < -0.3 is 9.64 Å². The molecule has 4 heteroatoms. The highest BCUT2D eigenvalue weighted by molar-refractivity contribution is 5.96. The second kappa shape index (κ2) is 6.03. The minimum Gasteiger partial charge on any atom is -0.462 e. The van der Waals surface area contributed by atoms with Gasteiger partial charge in [-0.25, -0.2) is 9.79 Å². The van der Waals surface area contributed by atoms with Crippen molar-refractivity contribution in [1.29, 1.82) is 0 Å². The molecule has 0 aliphatic heterocycles. The molecule has 0 heterocycles. The number of rotatable bonds is 3. The Hall–Kier alpha value is -1.84. The molecule has 1 rings (SSSR count). The number of hydrogen-bond donors (Lipinski definition) is 0. The van der Waals surface area contributed by atoms with Crippen molar-refractivity contribution in [1.82, 2.24) is 4.90 Å². The highest BCUT2D eigenvalue weighted by Gasteiger charge is 2.11. The average molecular weight is 234 g/mol. The Morgan fingerprint density at radius 3 is 2.59 bits per heavy atom. The summed E-state index contributed by atoms with van der Waals surface area (Å²) in [7, 11) is 3.82. The number of carbonyl (C=O) groups excluding carboxylic acids is 1. The first-order chi connectivity index (χ1) is 8.06. The lowest BCUT2D eigenvalue weighted by atomic mass is 10.2. The Labute approximate surface area is 102 Å². The van der Waals surface area contributed by atoms with Crippen LogP contribution in [0.2, 0.25) is 0 Å². The van der Waals surface area contributed by atoms with Crippen LogP contribution in [0, 0.1) is 0 Å². The third-order valence-corrected chi connectivity index (χ3v) is 2.33. The normalized spacial score (nSPS) is 11.2. The van der Waals surface area contributed by atoms with Crippen molar-refractivity contribution in [3.05, 3.63) is 29.8 Å². The van der Waals surface area contributed by atoms with Gasteiger partial charge in [0.15, 0.2) is 0 Å². The summed E-state index contributed by atoms with van der Waals surface area (Å²) in [5, 5.41) is 0. The molecule has 0 radical (unpaired) electrons. The number of aliphatic imine (C=N–C) groups is 1. The van der Waals surface area contributed by atoms with E-state index in [-0.39, 0.29) is 5.97 Å². The summed E-state index contributed by atoms with van der Waals surface area (Å²) < 4.78 is 4.99. The predicted octanol–water partition coefficient (Wildman–Crippen LogP) is 2.47. The third kappa shape index (κ3) is 3.59. The fraction of sp³-hybridized carbons (Fsp3) is 0.385. The number of para-hydroxylation sites is 1. The van der Waals surface area contributed by atoms with Gasteiger partial charge in [0.2, 0.25) is 0 Å². The van der Waals surface area contributed by atoms with Gasteiger partial charge in [0, 0.05) is 14.1 Å². The first-order valence-corrected chi connectivity index (χ1v) is 5.55. The molecule has 0 saturated carbocycles. The van der Waals surface area contributed by atoms with Crippen molar-refractivity contribution in [2.45, 2.75) is 13.8 Å². The molecule has 0 fully saturated rings. The molecule has 0 saturated heterocycles. The highest BCUT2D eigenvalue weighted by atomic mass is 16.5. The van der Waals surface area contributed by atoms with E-state index in [9.17, 15) is 4.79 Å². The van der Waals surface area contributed by atoms with Gasteiger partial charge in [-0.2, -0.15) is 0 Å². The predicted molar refractivity (Wildman–Crippen MR) is 68.9 cm³/mol. The van der Waals surface area contributed by atoms with E-state index in [1.54, 1.807) is 25.1 Å². The Bertz CT molecular complexity index is 425. The van der Waals surface area contributed by atoms with E-state index in [0.717, 1.165) is 5.84 Å². The second-order valence-corrected chi connectivity index (χ2v) is 3.79. The molecule has 92 valence electrons. The highest BCUT2D eigenvalue weighted by Crippen LogP contribution is 2.20. The van der Waals surface area contributed by atoms with E-state index in [1.165, 1.54) is 0 Å². The van der Waals surface area contributed by atoms with Crippen LogP contribution in [0.25, 0.3) is 0 Å². The fourth-order valence-corrected chi connectivity index (χ4v) is 1.23. The van der Waals surface area contributed by atoms with Gasteiger partial charge in [0.25, 0.3) is 0 Å². The Morgan fingerprint density at radius 1 is 1.35 bits per heavy atom. The van der Waals surface area contributed by atoms with Gasteiger partial charge in [-0.1, -0.05) is 12.1 Å². The second-order valence-electron chi connectivity index (χ2n) is 3.79.